The van der Waals surface area contributed by atoms with Crippen LogP contribution < -0.4 is 9.62 Å². The average Bonchev–Trinajstić information content (AvgIpc) is 3.20. The summed E-state index contributed by atoms with van der Waals surface area (Å²) in [4.78, 5) is 13.1. The number of carbonyl (C=O) groups excluding carboxylic acids is 1. The van der Waals surface area contributed by atoms with E-state index in [-0.39, 0.29) is 11.4 Å². The first-order valence-corrected chi connectivity index (χ1v) is 11.9. The van der Waals surface area contributed by atoms with E-state index < -0.39 is 15.8 Å². The van der Waals surface area contributed by atoms with E-state index in [0.717, 1.165) is 16.7 Å². The smallest absolute Gasteiger partial charge is 0.270 e. The highest BCUT2D eigenvalue weighted by Gasteiger charge is 2.41. The lowest BCUT2D eigenvalue weighted by Gasteiger charge is -2.29. The highest BCUT2D eigenvalue weighted by molar-refractivity contribution is 7.97. The van der Waals surface area contributed by atoms with Gasteiger partial charge in [0.1, 0.15) is 4.88 Å². The first-order chi connectivity index (χ1) is 14.4. The summed E-state index contributed by atoms with van der Waals surface area (Å²) in [5, 5.41) is 5.25. The lowest BCUT2D eigenvalue weighted by molar-refractivity contribution is 0.104. The van der Waals surface area contributed by atoms with Crippen molar-refractivity contribution < 1.29 is 13.2 Å². The molecule has 1 aliphatic rings. The number of carbonyl (C=O) groups is 1. The Morgan fingerprint density at radius 2 is 1.83 bits per heavy atom. The van der Waals surface area contributed by atoms with Crippen LogP contribution in [0.25, 0.3) is 0 Å². The monoisotopic (exact) mass is 458 g/mol. The summed E-state index contributed by atoms with van der Waals surface area (Å²) in [6, 6.07) is 16.6. The second-order valence-corrected chi connectivity index (χ2v) is 10.1. The molecule has 0 radical (unpaired) electrons. The van der Waals surface area contributed by atoms with Crippen LogP contribution in [0.5, 0.6) is 0 Å². The van der Waals surface area contributed by atoms with Gasteiger partial charge in [-0.2, -0.15) is 0 Å². The van der Waals surface area contributed by atoms with Gasteiger partial charge in [0, 0.05) is 17.8 Å². The van der Waals surface area contributed by atoms with Crippen molar-refractivity contribution >= 4 is 44.4 Å². The predicted molar refractivity (Wildman–Crippen MR) is 121 cm³/mol. The number of allylic oxidation sites excluding steroid dienone is 1. The van der Waals surface area contributed by atoms with Crippen LogP contribution in [-0.4, -0.2) is 14.2 Å². The van der Waals surface area contributed by atoms with E-state index in [0.29, 0.717) is 22.1 Å². The number of hydrogen-bond acceptors (Lipinski definition) is 5. The van der Waals surface area contributed by atoms with Gasteiger partial charge in [-0.05, 0) is 35.6 Å². The third-order valence-corrected chi connectivity index (χ3v) is 7.88. The van der Waals surface area contributed by atoms with E-state index in [1.54, 1.807) is 17.5 Å². The number of fused-ring (bicyclic) bond motifs is 1. The van der Waals surface area contributed by atoms with Crippen molar-refractivity contribution in [2.75, 3.05) is 4.31 Å². The Morgan fingerprint density at radius 3 is 2.57 bits per heavy atom. The van der Waals surface area contributed by atoms with E-state index in [9.17, 15) is 13.2 Å². The lowest BCUT2D eigenvalue weighted by atomic mass is 10.1. The second-order valence-electron chi connectivity index (χ2n) is 6.94. The predicted octanol–water partition coefficient (Wildman–Crippen LogP) is 4.87. The van der Waals surface area contributed by atoms with Crippen LogP contribution in [0.15, 0.2) is 71.1 Å². The Hall–Kier alpha value is -2.61. The molecule has 8 heteroatoms. The minimum absolute atomic E-state index is 0.154. The molecule has 0 unspecified atom stereocenters. The molecule has 2 aromatic carbocycles. The van der Waals surface area contributed by atoms with Gasteiger partial charge in [-0.3, -0.25) is 9.10 Å². The maximum absolute atomic E-state index is 13.3. The Labute approximate surface area is 184 Å². The molecular formula is C22H19ClN2O3S2. The molecular weight excluding hydrogens is 440 g/mol. The van der Waals surface area contributed by atoms with Crippen LogP contribution in [0, 0.1) is 6.92 Å². The molecule has 0 amide bonds. The molecule has 0 spiro atoms. The molecule has 2 heterocycles. The molecule has 30 heavy (non-hydrogen) atoms. The summed E-state index contributed by atoms with van der Waals surface area (Å²) < 4.78 is 28.0. The number of sulfonamides is 1. The van der Waals surface area contributed by atoms with Gasteiger partial charge < -0.3 is 5.32 Å². The van der Waals surface area contributed by atoms with Crippen molar-refractivity contribution in [3.05, 3.63) is 97.7 Å². The van der Waals surface area contributed by atoms with Gasteiger partial charge in [-0.25, -0.2) is 8.42 Å². The van der Waals surface area contributed by atoms with Crippen LogP contribution in [0.4, 0.5) is 5.69 Å². The zero-order chi connectivity index (χ0) is 21.3. The summed E-state index contributed by atoms with van der Waals surface area (Å²) >= 11 is 7.40. The molecule has 3 aromatic rings. The van der Waals surface area contributed by atoms with Crippen molar-refractivity contribution in [3.8, 4) is 0 Å². The largest absolute Gasteiger partial charge is 0.386 e. The molecule has 4 rings (SSSR count). The number of aryl methyl sites for hydroxylation is 1. The Balaban J connectivity index is 1.67. The maximum Gasteiger partial charge on any atom is 0.270 e. The molecule has 0 bridgehead atoms. The number of thiophene rings is 1. The summed E-state index contributed by atoms with van der Waals surface area (Å²) in [5.74, 6) is -0.494. The first kappa shape index (κ1) is 20.7. The number of halogens is 1. The number of nitrogens with zero attached hydrogens (tertiary/aromatic N) is 1. The molecule has 1 aliphatic heterocycles. The number of ketones is 1. The maximum atomic E-state index is 13.3. The fourth-order valence-corrected chi connectivity index (χ4v) is 5.92. The van der Waals surface area contributed by atoms with Crippen LogP contribution in [0.3, 0.4) is 0 Å². The molecule has 0 saturated carbocycles. The third-order valence-electron chi connectivity index (χ3n) is 4.84. The summed E-state index contributed by atoms with van der Waals surface area (Å²) in [6.45, 7) is 2.44. The summed E-state index contributed by atoms with van der Waals surface area (Å²) in [5.41, 5.74) is 3.17. The topological polar surface area (TPSA) is 66.5 Å². The van der Waals surface area contributed by atoms with Crippen molar-refractivity contribution in [1.82, 2.24) is 5.32 Å². The fraction of sp³-hybridized carbons (Fsp3) is 0.136. The minimum atomic E-state index is -4.01. The number of rotatable bonds is 5. The van der Waals surface area contributed by atoms with E-state index in [4.69, 9.17) is 11.6 Å². The number of anilines is 1. The standard InChI is InChI=1S/C22H19ClN2O3S2/c1-15-6-8-16(9-7-15)14-25-19-10-11-29-22(19)21(26)20(30(25,27)28)13-24-12-17-4-2-3-5-18(17)23/h2-11,13,24H,12,14H2,1H3/b20-13-. The summed E-state index contributed by atoms with van der Waals surface area (Å²) in [6.07, 6.45) is 1.28. The van der Waals surface area contributed by atoms with Crippen molar-refractivity contribution in [2.24, 2.45) is 0 Å². The Bertz CT molecular complexity index is 1230. The third kappa shape index (κ3) is 3.88. The van der Waals surface area contributed by atoms with Gasteiger partial charge in [0.05, 0.1) is 12.2 Å². The average molecular weight is 459 g/mol. The van der Waals surface area contributed by atoms with Crippen LogP contribution >= 0.6 is 22.9 Å². The van der Waals surface area contributed by atoms with Gasteiger partial charge in [-0.1, -0.05) is 59.6 Å². The number of nitrogens with one attached hydrogen (secondary N) is 1. The van der Waals surface area contributed by atoms with Crippen molar-refractivity contribution in [2.45, 2.75) is 20.0 Å². The molecule has 1 N–H and O–H groups in total. The van der Waals surface area contributed by atoms with Crippen molar-refractivity contribution in [3.63, 3.8) is 0 Å². The fourth-order valence-electron chi connectivity index (χ4n) is 3.21. The Morgan fingerprint density at radius 1 is 1.10 bits per heavy atom. The molecule has 0 saturated heterocycles. The summed E-state index contributed by atoms with van der Waals surface area (Å²) in [7, 11) is -4.01. The Kier molecular flexibility index (Phi) is 5.69. The highest BCUT2D eigenvalue weighted by Crippen LogP contribution is 2.39. The second kappa shape index (κ2) is 8.26. The van der Waals surface area contributed by atoms with E-state index in [1.165, 1.54) is 21.8 Å². The van der Waals surface area contributed by atoms with Crippen LogP contribution in [-0.2, 0) is 23.1 Å². The van der Waals surface area contributed by atoms with E-state index >= 15 is 0 Å². The molecule has 1 aromatic heterocycles. The molecule has 0 atom stereocenters. The normalized spacial score (nSPS) is 16.5. The SMILES string of the molecule is Cc1ccc(CN2c3ccsc3C(=O)/C(=C/NCc3ccccc3Cl)S2(=O)=O)cc1. The van der Waals surface area contributed by atoms with E-state index in [1.807, 2.05) is 49.4 Å². The van der Waals surface area contributed by atoms with Gasteiger partial charge >= 0.3 is 0 Å². The van der Waals surface area contributed by atoms with Gasteiger partial charge in [0.2, 0.25) is 5.78 Å². The quantitative estimate of drug-likeness (QED) is 0.553. The highest BCUT2D eigenvalue weighted by atomic mass is 35.5. The number of Topliss-reactive ketones (excluding diaryl/α,β-unsaturated/α-hetero) is 1. The first-order valence-electron chi connectivity index (χ1n) is 9.25. The molecule has 5 nitrogen and oxygen atoms in total. The number of benzene rings is 2. The van der Waals surface area contributed by atoms with Gasteiger partial charge in [0.15, 0.2) is 4.91 Å². The minimum Gasteiger partial charge on any atom is -0.386 e. The molecule has 154 valence electrons. The molecule has 0 fully saturated rings. The lowest BCUT2D eigenvalue weighted by Crippen LogP contribution is -2.38. The molecule has 0 aliphatic carbocycles. The zero-order valence-corrected chi connectivity index (χ0v) is 18.5. The zero-order valence-electron chi connectivity index (χ0n) is 16.1. The van der Waals surface area contributed by atoms with Crippen LogP contribution in [0.1, 0.15) is 26.4 Å². The van der Waals surface area contributed by atoms with Crippen molar-refractivity contribution in [1.29, 1.82) is 0 Å². The number of hydrogen-bond donors (Lipinski definition) is 1. The van der Waals surface area contributed by atoms with Gasteiger partial charge in [0.25, 0.3) is 10.0 Å². The van der Waals surface area contributed by atoms with Crippen LogP contribution in [0.2, 0.25) is 5.02 Å². The van der Waals surface area contributed by atoms with Gasteiger partial charge in [-0.15, -0.1) is 11.3 Å². The van der Waals surface area contributed by atoms with E-state index in [2.05, 4.69) is 5.32 Å².